The fourth-order valence-corrected chi connectivity index (χ4v) is 2.99. The normalized spacial score (nSPS) is 14.0. The summed E-state index contributed by atoms with van der Waals surface area (Å²) in [4.78, 5) is 26.1. The van der Waals surface area contributed by atoms with Gasteiger partial charge in [-0.25, -0.2) is 4.39 Å². The Kier molecular flexibility index (Phi) is 5.74. The summed E-state index contributed by atoms with van der Waals surface area (Å²) in [5, 5.41) is 2.96. The van der Waals surface area contributed by atoms with Crippen molar-refractivity contribution in [1.82, 2.24) is 4.90 Å². The molecule has 1 saturated heterocycles. The summed E-state index contributed by atoms with van der Waals surface area (Å²) in [5.41, 5.74) is 1.89. The summed E-state index contributed by atoms with van der Waals surface area (Å²) >= 11 is 0. The summed E-state index contributed by atoms with van der Waals surface area (Å²) in [7, 11) is 0. The number of amides is 2. The van der Waals surface area contributed by atoms with Gasteiger partial charge in [-0.05, 0) is 29.7 Å². The van der Waals surface area contributed by atoms with Crippen molar-refractivity contribution >= 4 is 17.5 Å². The molecule has 5 nitrogen and oxygen atoms in total. The van der Waals surface area contributed by atoms with Gasteiger partial charge in [0.15, 0.2) is 18.2 Å². The second kappa shape index (κ2) is 8.20. The molecule has 0 saturated carbocycles. The molecule has 0 atom stereocenters. The van der Waals surface area contributed by atoms with Gasteiger partial charge in [0.2, 0.25) is 5.91 Å². The molecule has 6 heteroatoms. The van der Waals surface area contributed by atoms with Crippen LogP contribution in [0, 0.1) is 11.7 Å². The maximum Gasteiger partial charge on any atom is 0.260 e. The summed E-state index contributed by atoms with van der Waals surface area (Å²) in [6, 6.07) is 13.7. The first kappa shape index (κ1) is 18.9. The number of nitrogens with one attached hydrogen (secondary N) is 1. The van der Waals surface area contributed by atoms with E-state index in [2.05, 4.69) is 19.2 Å². The van der Waals surface area contributed by atoms with Gasteiger partial charge in [0, 0.05) is 18.8 Å². The minimum atomic E-state index is -0.505. The second-order valence-electron chi connectivity index (χ2n) is 6.95. The molecule has 0 aliphatic carbocycles. The number of para-hydroxylation sites is 2. The fraction of sp³-hybridized carbons (Fsp3) is 0.333. The lowest BCUT2D eigenvalue weighted by Crippen LogP contribution is -2.55. The molecule has 0 unspecified atom stereocenters. The van der Waals surface area contributed by atoms with Gasteiger partial charge in [0.05, 0.1) is 5.92 Å². The molecule has 0 radical (unpaired) electrons. The molecule has 1 aliphatic heterocycles. The van der Waals surface area contributed by atoms with Crippen LogP contribution in [0.3, 0.4) is 0 Å². The average Bonchev–Trinajstić information content (AvgIpc) is 2.60. The number of carbonyl (C=O) groups is 2. The first-order valence-electron chi connectivity index (χ1n) is 9.00. The molecule has 0 aromatic heterocycles. The third-order valence-electron chi connectivity index (χ3n) is 4.63. The molecule has 27 heavy (non-hydrogen) atoms. The highest BCUT2D eigenvalue weighted by atomic mass is 19.1. The summed E-state index contributed by atoms with van der Waals surface area (Å²) in [6.45, 7) is 4.59. The van der Waals surface area contributed by atoms with Gasteiger partial charge in [0.1, 0.15) is 0 Å². The number of halogens is 1. The molecule has 1 N–H and O–H groups in total. The molecule has 142 valence electrons. The maximum atomic E-state index is 13.5. The molecule has 0 bridgehead atoms. The van der Waals surface area contributed by atoms with Crippen LogP contribution in [0.15, 0.2) is 48.5 Å². The summed E-state index contributed by atoms with van der Waals surface area (Å²) < 4.78 is 18.7. The van der Waals surface area contributed by atoms with E-state index in [-0.39, 0.29) is 30.1 Å². The van der Waals surface area contributed by atoms with Crippen LogP contribution in [0.4, 0.5) is 10.1 Å². The number of anilines is 1. The van der Waals surface area contributed by atoms with E-state index in [1.165, 1.54) is 12.1 Å². The third kappa shape index (κ3) is 4.45. The van der Waals surface area contributed by atoms with Crippen molar-refractivity contribution < 1.29 is 18.7 Å². The monoisotopic (exact) mass is 370 g/mol. The number of hydrogen-bond donors (Lipinski definition) is 1. The zero-order valence-electron chi connectivity index (χ0n) is 15.4. The van der Waals surface area contributed by atoms with Crippen molar-refractivity contribution in [2.75, 3.05) is 25.0 Å². The Labute approximate surface area is 158 Å². The maximum absolute atomic E-state index is 13.5. The van der Waals surface area contributed by atoms with Gasteiger partial charge >= 0.3 is 0 Å². The lowest BCUT2D eigenvalue weighted by Gasteiger charge is -2.38. The third-order valence-corrected chi connectivity index (χ3v) is 4.63. The van der Waals surface area contributed by atoms with E-state index in [0.29, 0.717) is 19.0 Å². The molecule has 1 aliphatic rings. The van der Waals surface area contributed by atoms with Gasteiger partial charge in [-0.15, -0.1) is 0 Å². The van der Waals surface area contributed by atoms with Gasteiger partial charge in [-0.1, -0.05) is 44.2 Å². The first-order valence-corrected chi connectivity index (χ1v) is 9.00. The molecular weight excluding hydrogens is 347 g/mol. The van der Waals surface area contributed by atoms with Crippen molar-refractivity contribution in [3.8, 4) is 5.75 Å². The van der Waals surface area contributed by atoms with E-state index in [4.69, 9.17) is 4.74 Å². The molecular formula is C21H23FN2O3. The van der Waals surface area contributed by atoms with Gasteiger partial charge in [-0.3, -0.25) is 9.59 Å². The number of hydrogen-bond acceptors (Lipinski definition) is 3. The van der Waals surface area contributed by atoms with Crippen LogP contribution in [0.1, 0.15) is 25.3 Å². The smallest absolute Gasteiger partial charge is 0.260 e. The molecule has 2 aromatic rings. The highest BCUT2D eigenvalue weighted by Crippen LogP contribution is 2.25. The van der Waals surface area contributed by atoms with E-state index in [1.54, 1.807) is 17.0 Å². The Balaban J connectivity index is 1.48. The Bertz CT molecular complexity index is 832. The minimum Gasteiger partial charge on any atom is -0.481 e. The number of benzene rings is 2. The van der Waals surface area contributed by atoms with Crippen LogP contribution in [-0.2, 0) is 9.59 Å². The Hall–Kier alpha value is -2.89. The molecule has 2 amide bonds. The van der Waals surface area contributed by atoms with Gasteiger partial charge in [0.25, 0.3) is 5.91 Å². The van der Waals surface area contributed by atoms with Gasteiger partial charge in [-0.2, -0.15) is 0 Å². The van der Waals surface area contributed by atoms with E-state index in [9.17, 15) is 14.0 Å². The van der Waals surface area contributed by atoms with Crippen LogP contribution in [-0.4, -0.2) is 36.4 Å². The van der Waals surface area contributed by atoms with Crippen LogP contribution >= 0.6 is 0 Å². The number of nitrogens with zero attached hydrogens (tertiary/aromatic N) is 1. The highest BCUT2D eigenvalue weighted by Gasteiger charge is 2.36. The van der Waals surface area contributed by atoms with Crippen LogP contribution < -0.4 is 10.1 Å². The fourth-order valence-electron chi connectivity index (χ4n) is 2.99. The topological polar surface area (TPSA) is 58.6 Å². The summed E-state index contributed by atoms with van der Waals surface area (Å²) in [5.74, 6) is -0.757. The van der Waals surface area contributed by atoms with E-state index in [1.807, 2.05) is 24.3 Å². The predicted molar refractivity (Wildman–Crippen MR) is 101 cm³/mol. The number of rotatable bonds is 6. The quantitative estimate of drug-likeness (QED) is 0.848. The Morgan fingerprint density at radius 2 is 1.81 bits per heavy atom. The van der Waals surface area contributed by atoms with E-state index < -0.39 is 5.82 Å². The number of ether oxygens (including phenoxy) is 1. The predicted octanol–water partition coefficient (Wildman–Crippen LogP) is 3.43. The molecule has 2 aromatic carbocycles. The van der Waals surface area contributed by atoms with Crippen LogP contribution in [0.2, 0.25) is 0 Å². The minimum absolute atomic E-state index is 0.0472. The van der Waals surface area contributed by atoms with Crippen molar-refractivity contribution in [3.63, 3.8) is 0 Å². The molecule has 1 heterocycles. The molecule has 1 fully saturated rings. The van der Waals surface area contributed by atoms with Crippen LogP contribution in [0.5, 0.6) is 5.75 Å². The number of likely N-dealkylation sites (tertiary alicyclic amines) is 1. The highest BCUT2D eigenvalue weighted by molar-refractivity contribution is 5.95. The largest absolute Gasteiger partial charge is 0.481 e. The summed E-state index contributed by atoms with van der Waals surface area (Å²) in [6.07, 6.45) is 0. The van der Waals surface area contributed by atoms with E-state index >= 15 is 0 Å². The molecule has 0 spiro atoms. The second-order valence-corrected chi connectivity index (χ2v) is 6.95. The Morgan fingerprint density at radius 3 is 2.52 bits per heavy atom. The van der Waals surface area contributed by atoms with Gasteiger partial charge < -0.3 is 15.0 Å². The first-order chi connectivity index (χ1) is 13.0. The van der Waals surface area contributed by atoms with Crippen molar-refractivity contribution in [3.05, 3.63) is 59.9 Å². The zero-order valence-corrected chi connectivity index (χ0v) is 15.4. The number of carbonyl (C=O) groups excluding carboxylic acids is 2. The lowest BCUT2D eigenvalue weighted by atomic mass is 9.97. The zero-order chi connectivity index (χ0) is 19.4. The van der Waals surface area contributed by atoms with Crippen LogP contribution in [0.25, 0.3) is 0 Å². The lowest BCUT2D eigenvalue weighted by molar-refractivity contribution is -0.143. The molecule has 3 rings (SSSR count). The average molecular weight is 370 g/mol. The van der Waals surface area contributed by atoms with Crippen molar-refractivity contribution in [2.45, 2.75) is 19.8 Å². The SMILES string of the molecule is CC(C)c1ccccc1NC(=O)C1CN(C(=O)COc2ccccc2F)C1. The Morgan fingerprint density at radius 1 is 1.15 bits per heavy atom. The van der Waals surface area contributed by atoms with E-state index in [0.717, 1.165) is 11.3 Å². The van der Waals surface area contributed by atoms with Crippen molar-refractivity contribution in [1.29, 1.82) is 0 Å². The standard InChI is InChI=1S/C21H23FN2O3/c1-14(2)16-7-3-5-9-18(16)23-21(26)15-11-24(12-15)20(25)13-27-19-10-6-4-8-17(19)22/h3-10,14-15H,11-13H2,1-2H3,(H,23,26). The van der Waals surface area contributed by atoms with Crippen molar-refractivity contribution in [2.24, 2.45) is 5.92 Å².